The zero-order chi connectivity index (χ0) is 15.2. The first-order valence-electron chi connectivity index (χ1n) is 5.63. The molecule has 7 nitrogen and oxygen atoms in total. The molecule has 0 aliphatic heterocycles. The van der Waals surface area contributed by atoms with Crippen molar-refractivity contribution in [2.24, 2.45) is 0 Å². The topological polar surface area (TPSA) is 116 Å². The van der Waals surface area contributed by atoms with E-state index in [4.69, 9.17) is 0 Å². The van der Waals surface area contributed by atoms with Gasteiger partial charge in [0.15, 0.2) is 4.21 Å². The molecule has 0 amide bonds. The second kappa shape index (κ2) is 4.47. The molecule has 0 bridgehead atoms. The van der Waals surface area contributed by atoms with Crippen molar-refractivity contribution in [2.75, 3.05) is 0 Å². The highest BCUT2D eigenvalue weighted by atomic mass is 32.2. The van der Waals surface area contributed by atoms with Crippen LogP contribution in [-0.2, 0) is 10.0 Å². The van der Waals surface area contributed by atoms with Crippen molar-refractivity contribution in [2.45, 2.75) is 4.21 Å². The molecule has 0 saturated heterocycles. The molecule has 2 heterocycles. The maximum Gasteiger partial charge on any atom is 0.342 e. The minimum Gasteiger partial charge on any atom is -0.493 e. The molecular weight excluding hydrogens is 314 g/mol. The molecule has 9 heteroatoms. The SMILES string of the molecule is N#Cc1c(S(=O)(=O)n2cc(O)[nH]c2=O)sc2ccccc12. The summed E-state index contributed by atoms with van der Waals surface area (Å²) in [7, 11) is -4.24. The van der Waals surface area contributed by atoms with Crippen LogP contribution >= 0.6 is 11.3 Å². The first-order chi connectivity index (χ1) is 9.95. The number of hydrogen-bond donors (Lipinski definition) is 2. The summed E-state index contributed by atoms with van der Waals surface area (Å²) in [5.74, 6) is -0.566. The molecule has 0 spiro atoms. The molecule has 1 aromatic carbocycles. The van der Waals surface area contributed by atoms with E-state index >= 15 is 0 Å². The Hall–Kier alpha value is -2.57. The van der Waals surface area contributed by atoms with Crippen LogP contribution in [0.3, 0.4) is 0 Å². The monoisotopic (exact) mass is 321 g/mol. The zero-order valence-corrected chi connectivity index (χ0v) is 11.9. The molecule has 0 radical (unpaired) electrons. The number of hydrogen-bond acceptors (Lipinski definition) is 6. The van der Waals surface area contributed by atoms with E-state index in [-0.39, 0.29) is 9.77 Å². The number of nitriles is 1. The molecule has 3 aromatic rings. The Bertz CT molecular complexity index is 1050. The van der Waals surface area contributed by atoms with E-state index in [1.54, 1.807) is 24.3 Å². The van der Waals surface area contributed by atoms with E-state index in [0.29, 0.717) is 14.1 Å². The molecule has 3 rings (SSSR count). The van der Waals surface area contributed by atoms with Crippen LogP contribution < -0.4 is 5.69 Å². The van der Waals surface area contributed by atoms with E-state index in [2.05, 4.69) is 0 Å². The fourth-order valence-electron chi connectivity index (χ4n) is 1.95. The molecule has 0 aliphatic rings. The maximum absolute atomic E-state index is 12.5. The first-order valence-corrected chi connectivity index (χ1v) is 7.88. The number of nitrogens with one attached hydrogen (secondary N) is 1. The number of thiophene rings is 1. The highest BCUT2D eigenvalue weighted by Gasteiger charge is 2.27. The second-order valence-corrected chi connectivity index (χ2v) is 7.18. The average Bonchev–Trinajstić information content (AvgIpc) is 2.99. The summed E-state index contributed by atoms with van der Waals surface area (Å²) in [6.45, 7) is 0. The molecule has 0 unspecified atom stereocenters. The lowest BCUT2D eigenvalue weighted by Gasteiger charge is -2.00. The summed E-state index contributed by atoms with van der Waals surface area (Å²) >= 11 is 0.903. The quantitative estimate of drug-likeness (QED) is 0.736. The number of aromatic nitrogens is 2. The summed E-state index contributed by atoms with van der Waals surface area (Å²) in [5.41, 5.74) is -1.00. The third-order valence-electron chi connectivity index (χ3n) is 2.84. The molecule has 0 atom stereocenters. The summed E-state index contributed by atoms with van der Waals surface area (Å²) in [4.78, 5) is 13.5. The van der Waals surface area contributed by atoms with E-state index < -0.39 is 21.6 Å². The van der Waals surface area contributed by atoms with Crippen molar-refractivity contribution in [1.29, 1.82) is 5.26 Å². The fourth-order valence-corrected chi connectivity index (χ4v) is 4.86. The van der Waals surface area contributed by atoms with Crippen LogP contribution in [0.5, 0.6) is 5.88 Å². The Kier molecular flexibility index (Phi) is 2.86. The van der Waals surface area contributed by atoms with Gasteiger partial charge >= 0.3 is 5.69 Å². The zero-order valence-electron chi connectivity index (χ0n) is 10.3. The maximum atomic E-state index is 12.5. The highest BCUT2D eigenvalue weighted by Crippen LogP contribution is 2.34. The van der Waals surface area contributed by atoms with Crippen LogP contribution in [0.1, 0.15) is 5.56 Å². The Morgan fingerprint density at radius 3 is 2.67 bits per heavy atom. The van der Waals surface area contributed by atoms with Crippen molar-refractivity contribution in [1.82, 2.24) is 8.96 Å². The lowest BCUT2D eigenvalue weighted by molar-refractivity contribution is 0.455. The van der Waals surface area contributed by atoms with Gasteiger partial charge in [-0.2, -0.15) is 17.7 Å². The van der Waals surface area contributed by atoms with Crippen LogP contribution in [0.15, 0.2) is 39.5 Å². The summed E-state index contributed by atoms with van der Waals surface area (Å²) in [6, 6.07) is 8.62. The third-order valence-corrected chi connectivity index (χ3v) is 6.15. The van der Waals surface area contributed by atoms with Gasteiger partial charge in [0.1, 0.15) is 6.07 Å². The van der Waals surface area contributed by atoms with E-state index in [1.165, 1.54) is 0 Å². The number of nitrogens with zero attached hydrogens (tertiary/aromatic N) is 2. The molecule has 0 saturated carbocycles. The van der Waals surface area contributed by atoms with Gasteiger partial charge in [-0.05, 0) is 6.07 Å². The van der Waals surface area contributed by atoms with Crippen LogP contribution in [0.2, 0.25) is 0 Å². The number of H-pyrrole nitrogens is 1. The van der Waals surface area contributed by atoms with Crippen molar-refractivity contribution in [3.63, 3.8) is 0 Å². The number of fused-ring (bicyclic) bond motifs is 1. The van der Waals surface area contributed by atoms with Gasteiger partial charge in [-0.3, -0.25) is 4.98 Å². The van der Waals surface area contributed by atoms with Gasteiger partial charge < -0.3 is 5.11 Å². The molecule has 2 aromatic heterocycles. The molecule has 106 valence electrons. The van der Waals surface area contributed by atoms with Gasteiger partial charge in [-0.1, -0.05) is 18.2 Å². The molecule has 0 aliphatic carbocycles. The van der Waals surface area contributed by atoms with E-state index in [9.17, 15) is 23.6 Å². The Morgan fingerprint density at radius 1 is 1.33 bits per heavy atom. The predicted molar refractivity (Wildman–Crippen MR) is 75.8 cm³/mol. The van der Waals surface area contributed by atoms with E-state index in [1.807, 2.05) is 11.1 Å². The molecule has 0 fully saturated rings. The molecule has 21 heavy (non-hydrogen) atoms. The summed E-state index contributed by atoms with van der Waals surface area (Å²) < 4.78 is 25.8. The van der Waals surface area contributed by atoms with Crippen LogP contribution in [0, 0.1) is 11.3 Å². The van der Waals surface area contributed by atoms with Crippen LogP contribution in [0.4, 0.5) is 0 Å². The van der Waals surface area contributed by atoms with Crippen LogP contribution in [0.25, 0.3) is 10.1 Å². The number of imidazole rings is 1. The van der Waals surface area contributed by atoms with Gasteiger partial charge in [-0.15, -0.1) is 11.3 Å². The minimum absolute atomic E-state index is 0.0109. The van der Waals surface area contributed by atoms with Crippen molar-refractivity contribution in [3.05, 3.63) is 46.5 Å². The molecular formula is C12H7N3O4S2. The van der Waals surface area contributed by atoms with Crippen molar-refractivity contribution < 1.29 is 13.5 Å². The average molecular weight is 321 g/mol. The Morgan fingerprint density at radius 2 is 2.05 bits per heavy atom. The number of aromatic amines is 1. The standard InChI is InChI=1S/C12H7N3O4S2/c13-5-8-7-3-1-2-4-9(7)20-11(8)21(18,19)15-6-10(16)14-12(15)17/h1-4,6,16H,(H,14,17). The highest BCUT2D eigenvalue weighted by molar-refractivity contribution is 7.92. The van der Waals surface area contributed by atoms with Gasteiger partial charge in [0, 0.05) is 10.1 Å². The number of benzene rings is 1. The summed E-state index contributed by atoms with van der Waals surface area (Å²) in [6.07, 6.45) is 0.767. The Labute approximate surface area is 122 Å². The van der Waals surface area contributed by atoms with Crippen LogP contribution in [-0.4, -0.2) is 22.5 Å². The van der Waals surface area contributed by atoms with Gasteiger partial charge in [0.25, 0.3) is 10.0 Å². The normalized spacial score (nSPS) is 11.6. The lowest BCUT2D eigenvalue weighted by atomic mass is 10.2. The first kappa shape index (κ1) is 13.4. The number of aromatic hydroxyl groups is 1. The minimum atomic E-state index is -4.24. The van der Waals surface area contributed by atoms with E-state index in [0.717, 1.165) is 17.5 Å². The predicted octanol–water partition coefficient (Wildman–Crippen LogP) is 1.21. The fraction of sp³-hybridized carbons (Fsp3) is 0. The summed E-state index contributed by atoms with van der Waals surface area (Å²) in [5, 5.41) is 19.0. The Balaban J connectivity index is 2.37. The molecule has 2 N–H and O–H groups in total. The van der Waals surface area contributed by atoms with Gasteiger partial charge in [0.05, 0.1) is 11.8 Å². The third kappa shape index (κ3) is 1.93. The second-order valence-electron chi connectivity index (χ2n) is 4.12. The van der Waals surface area contributed by atoms with Crippen molar-refractivity contribution in [3.8, 4) is 11.9 Å². The number of rotatable bonds is 2. The lowest BCUT2D eigenvalue weighted by Crippen LogP contribution is -2.24. The largest absolute Gasteiger partial charge is 0.493 e. The smallest absolute Gasteiger partial charge is 0.342 e. The van der Waals surface area contributed by atoms with Crippen molar-refractivity contribution >= 4 is 31.4 Å². The van der Waals surface area contributed by atoms with Gasteiger partial charge in [-0.25, -0.2) is 4.79 Å². The van der Waals surface area contributed by atoms with Gasteiger partial charge in [0.2, 0.25) is 5.88 Å².